The molecule has 0 aliphatic rings. The van der Waals surface area contributed by atoms with E-state index in [1.807, 2.05) is 12.1 Å². The second-order valence-electron chi connectivity index (χ2n) is 5.90. The molecule has 0 spiro atoms. The Balaban J connectivity index is 2.05. The van der Waals surface area contributed by atoms with Gasteiger partial charge in [0.25, 0.3) is 0 Å². The van der Waals surface area contributed by atoms with Crippen LogP contribution in [0.25, 0.3) is 11.4 Å². The first-order valence-corrected chi connectivity index (χ1v) is 9.21. The summed E-state index contributed by atoms with van der Waals surface area (Å²) in [6.07, 6.45) is 1.61. The molecule has 0 aliphatic heterocycles. The molecule has 0 amide bonds. The Hall–Kier alpha value is -3.53. The number of nitrogens with one attached hydrogen (secondary N) is 1. The number of H-pyrrole nitrogens is 1. The minimum absolute atomic E-state index is 0.329. The third-order valence-corrected chi connectivity index (χ3v) is 4.60. The minimum Gasteiger partial charge on any atom is -0.493 e. The average molecular weight is 430 g/mol. The Morgan fingerprint density at radius 1 is 0.867 bits per heavy atom. The summed E-state index contributed by atoms with van der Waals surface area (Å²) in [4.78, 5) is 0. The first-order chi connectivity index (χ1) is 14.6. The average Bonchev–Trinajstić information content (AvgIpc) is 3.16. The molecular formula is C20H22N4O5S. The highest BCUT2D eigenvalue weighted by atomic mass is 32.1. The zero-order valence-corrected chi connectivity index (χ0v) is 18.1. The number of hydrogen-bond donors (Lipinski definition) is 1. The molecule has 30 heavy (non-hydrogen) atoms. The number of benzene rings is 2. The molecule has 2 aromatic carbocycles. The molecule has 0 aliphatic carbocycles. The Morgan fingerprint density at radius 2 is 1.53 bits per heavy atom. The predicted molar refractivity (Wildman–Crippen MR) is 115 cm³/mol. The minimum atomic E-state index is 0.329. The molecule has 0 saturated heterocycles. The van der Waals surface area contributed by atoms with E-state index in [1.165, 1.54) is 4.68 Å². The van der Waals surface area contributed by atoms with Crippen molar-refractivity contribution in [3.8, 4) is 40.1 Å². The zero-order chi connectivity index (χ0) is 21.7. The molecule has 0 atom stereocenters. The molecule has 10 heteroatoms. The van der Waals surface area contributed by atoms with Gasteiger partial charge in [-0.3, -0.25) is 0 Å². The fraction of sp³-hybridized carbons (Fsp3) is 0.250. The lowest BCUT2D eigenvalue weighted by molar-refractivity contribution is 0.324. The van der Waals surface area contributed by atoms with Crippen LogP contribution in [0, 0.1) is 4.77 Å². The molecule has 0 saturated carbocycles. The fourth-order valence-electron chi connectivity index (χ4n) is 2.91. The van der Waals surface area contributed by atoms with Crippen molar-refractivity contribution in [2.24, 2.45) is 5.10 Å². The van der Waals surface area contributed by atoms with Gasteiger partial charge in [-0.1, -0.05) is 0 Å². The maximum atomic E-state index is 5.50. The van der Waals surface area contributed by atoms with Gasteiger partial charge in [0.1, 0.15) is 0 Å². The van der Waals surface area contributed by atoms with Gasteiger partial charge in [0.15, 0.2) is 28.8 Å². The van der Waals surface area contributed by atoms with Crippen molar-refractivity contribution in [1.29, 1.82) is 0 Å². The molecule has 9 nitrogen and oxygen atoms in total. The van der Waals surface area contributed by atoms with Crippen molar-refractivity contribution >= 4 is 18.4 Å². The Kier molecular flexibility index (Phi) is 6.58. The number of methoxy groups -OCH3 is 5. The predicted octanol–water partition coefficient (Wildman–Crippen LogP) is 3.53. The monoisotopic (exact) mass is 430 g/mol. The number of nitrogens with zero attached hydrogens (tertiary/aromatic N) is 3. The molecule has 3 rings (SSSR count). The highest BCUT2D eigenvalue weighted by Crippen LogP contribution is 2.39. The maximum absolute atomic E-state index is 5.50. The summed E-state index contributed by atoms with van der Waals surface area (Å²) in [5.41, 5.74) is 1.42. The molecule has 0 unspecified atom stereocenters. The van der Waals surface area contributed by atoms with Crippen molar-refractivity contribution in [3.05, 3.63) is 40.7 Å². The van der Waals surface area contributed by atoms with Gasteiger partial charge in [-0.25, -0.2) is 5.10 Å². The fourth-order valence-corrected chi connectivity index (χ4v) is 3.09. The number of ether oxygens (including phenoxy) is 5. The summed E-state index contributed by atoms with van der Waals surface area (Å²) in [7, 11) is 7.80. The van der Waals surface area contributed by atoms with Crippen LogP contribution in [0.1, 0.15) is 5.56 Å². The van der Waals surface area contributed by atoms with Gasteiger partial charge in [-0.2, -0.15) is 14.9 Å². The lowest BCUT2D eigenvalue weighted by atomic mass is 10.2. The molecule has 1 aromatic heterocycles. The number of rotatable bonds is 8. The summed E-state index contributed by atoms with van der Waals surface area (Å²) in [5.74, 6) is 3.21. The van der Waals surface area contributed by atoms with Gasteiger partial charge in [0, 0.05) is 11.1 Å². The molecule has 158 valence electrons. The van der Waals surface area contributed by atoms with Crippen molar-refractivity contribution in [2.75, 3.05) is 35.5 Å². The highest BCUT2D eigenvalue weighted by Gasteiger charge is 2.16. The van der Waals surface area contributed by atoms with Crippen LogP contribution in [-0.4, -0.2) is 56.6 Å². The van der Waals surface area contributed by atoms with Crippen molar-refractivity contribution in [1.82, 2.24) is 14.9 Å². The van der Waals surface area contributed by atoms with Crippen LogP contribution in [0.5, 0.6) is 28.7 Å². The van der Waals surface area contributed by atoms with Crippen LogP contribution in [0.2, 0.25) is 0 Å². The van der Waals surface area contributed by atoms with Crippen molar-refractivity contribution in [3.63, 3.8) is 0 Å². The second-order valence-corrected chi connectivity index (χ2v) is 6.29. The third kappa shape index (κ3) is 3.94. The first kappa shape index (κ1) is 21.2. The van der Waals surface area contributed by atoms with Crippen molar-refractivity contribution < 1.29 is 23.7 Å². The summed E-state index contributed by atoms with van der Waals surface area (Å²) >= 11 is 5.35. The van der Waals surface area contributed by atoms with Crippen LogP contribution in [0.4, 0.5) is 0 Å². The maximum Gasteiger partial charge on any atom is 0.216 e. The van der Waals surface area contributed by atoms with Gasteiger partial charge < -0.3 is 23.7 Å². The quantitative estimate of drug-likeness (QED) is 0.432. The van der Waals surface area contributed by atoms with E-state index in [-0.39, 0.29) is 0 Å². The SMILES string of the molecule is COc1ccc(-c2n[nH]c(=S)n2/N=C\c2ccc(OC)c(OC)c2OC)cc1OC. The Labute approximate surface area is 178 Å². The first-order valence-electron chi connectivity index (χ1n) is 8.81. The van der Waals surface area contributed by atoms with E-state index in [4.69, 9.17) is 35.9 Å². The van der Waals surface area contributed by atoms with Crippen LogP contribution in [0.15, 0.2) is 35.4 Å². The van der Waals surface area contributed by atoms with Gasteiger partial charge in [0.05, 0.1) is 41.8 Å². The van der Waals surface area contributed by atoms with E-state index in [0.717, 1.165) is 5.56 Å². The van der Waals surface area contributed by atoms with E-state index in [0.29, 0.717) is 44.9 Å². The van der Waals surface area contributed by atoms with Gasteiger partial charge in [-0.05, 0) is 42.5 Å². The summed E-state index contributed by atoms with van der Waals surface area (Å²) < 4.78 is 28.7. The van der Waals surface area contributed by atoms with Gasteiger partial charge >= 0.3 is 0 Å². The van der Waals surface area contributed by atoms with Crippen LogP contribution >= 0.6 is 12.2 Å². The molecule has 0 bridgehead atoms. The Bertz CT molecular complexity index is 1120. The molecule has 3 aromatic rings. The molecule has 0 fully saturated rings. The van der Waals surface area contributed by atoms with Gasteiger partial charge in [0.2, 0.25) is 10.5 Å². The van der Waals surface area contributed by atoms with Crippen molar-refractivity contribution in [2.45, 2.75) is 0 Å². The second kappa shape index (κ2) is 9.31. The summed E-state index contributed by atoms with van der Waals surface area (Å²) in [5, 5.41) is 11.5. The third-order valence-electron chi connectivity index (χ3n) is 4.34. The number of hydrogen-bond acceptors (Lipinski definition) is 8. The molecule has 1 N–H and O–H groups in total. The van der Waals surface area contributed by atoms with E-state index < -0.39 is 0 Å². The normalized spacial score (nSPS) is 10.8. The molecule has 1 heterocycles. The van der Waals surface area contributed by atoms with Crippen LogP contribution in [-0.2, 0) is 0 Å². The van der Waals surface area contributed by atoms with Gasteiger partial charge in [-0.15, -0.1) is 0 Å². The highest BCUT2D eigenvalue weighted by molar-refractivity contribution is 7.71. The zero-order valence-electron chi connectivity index (χ0n) is 17.3. The Morgan fingerprint density at radius 3 is 2.17 bits per heavy atom. The van der Waals surface area contributed by atoms with E-state index >= 15 is 0 Å². The summed E-state index contributed by atoms with van der Waals surface area (Å²) in [6.45, 7) is 0. The molecule has 0 radical (unpaired) electrons. The standard InChI is InChI=1S/C20H22N4O5S/c1-25-14-8-6-12(10-16(14)27-3)19-22-23-20(30)24(19)21-11-13-7-9-15(26-2)18(29-5)17(13)28-4/h6-11H,1-5H3,(H,23,30)/b21-11-. The number of aromatic nitrogens is 3. The largest absolute Gasteiger partial charge is 0.493 e. The summed E-state index contributed by atoms with van der Waals surface area (Å²) in [6, 6.07) is 9.01. The molecular weight excluding hydrogens is 408 g/mol. The topological polar surface area (TPSA) is 92.1 Å². The van der Waals surface area contributed by atoms with Crippen LogP contribution in [0.3, 0.4) is 0 Å². The van der Waals surface area contributed by atoms with Crippen LogP contribution < -0.4 is 23.7 Å². The van der Waals surface area contributed by atoms with E-state index in [1.54, 1.807) is 60.0 Å². The van der Waals surface area contributed by atoms with E-state index in [2.05, 4.69) is 15.3 Å². The van der Waals surface area contributed by atoms with E-state index in [9.17, 15) is 0 Å². The number of aromatic amines is 1. The lowest BCUT2D eigenvalue weighted by Gasteiger charge is -2.13. The lowest BCUT2D eigenvalue weighted by Crippen LogP contribution is -2.00. The smallest absolute Gasteiger partial charge is 0.216 e.